The molecule has 0 N–H and O–H groups in total. The molecule has 104 valence electrons. The first-order valence-electron chi connectivity index (χ1n) is 5.90. The highest BCUT2D eigenvalue weighted by atomic mass is 32.2. The van der Waals surface area contributed by atoms with Crippen LogP contribution in [0.25, 0.3) is 0 Å². The Kier molecular flexibility index (Phi) is 5.00. The summed E-state index contributed by atoms with van der Waals surface area (Å²) in [6, 6.07) is 5.25. The number of benzene rings is 1. The van der Waals surface area contributed by atoms with Gasteiger partial charge in [-0.1, -0.05) is 6.07 Å². The summed E-state index contributed by atoms with van der Waals surface area (Å²) in [4.78, 5) is 11.4. The Balaban J connectivity index is 2.94. The zero-order valence-electron chi connectivity index (χ0n) is 11.9. The van der Waals surface area contributed by atoms with Crippen LogP contribution in [0.5, 0.6) is 0 Å². The van der Waals surface area contributed by atoms with Gasteiger partial charge in [0, 0.05) is 6.21 Å². The molecule has 1 rings (SSSR count). The van der Waals surface area contributed by atoms with E-state index in [1.807, 2.05) is 33.8 Å². The first-order valence-corrected chi connectivity index (χ1v) is 7.01. The van der Waals surface area contributed by atoms with Crippen molar-refractivity contribution in [3.63, 3.8) is 0 Å². The molecule has 4 nitrogen and oxygen atoms in total. The van der Waals surface area contributed by atoms with E-state index in [1.165, 1.54) is 7.11 Å². The third kappa shape index (κ3) is 4.28. The second kappa shape index (κ2) is 6.10. The Morgan fingerprint density at radius 2 is 2.00 bits per heavy atom. The van der Waals surface area contributed by atoms with Crippen molar-refractivity contribution in [2.75, 3.05) is 7.11 Å². The van der Waals surface area contributed by atoms with Crippen LogP contribution in [0.3, 0.4) is 0 Å². The first-order chi connectivity index (χ1) is 8.75. The molecular weight excluding hydrogens is 262 g/mol. The molecule has 5 heteroatoms. The van der Waals surface area contributed by atoms with Crippen LogP contribution in [0.2, 0.25) is 0 Å². The van der Waals surface area contributed by atoms with Gasteiger partial charge in [0.15, 0.2) is 0 Å². The predicted octanol–water partition coefficient (Wildman–Crippen LogP) is 2.66. The molecule has 0 spiro atoms. The van der Waals surface area contributed by atoms with E-state index in [1.54, 1.807) is 18.3 Å². The lowest BCUT2D eigenvalue weighted by Gasteiger charge is -2.12. The number of esters is 1. The molecule has 1 atom stereocenters. The van der Waals surface area contributed by atoms with Gasteiger partial charge < -0.3 is 4.74 Å². The third-order valence-electron chi connectivity index (χ3n) is 2.48. The van der Waals surface area contributed by atoms with Crippen LogP contribution >= 0.6 is 0 Å². The van der Waals surface area contributed by atoms with Gasteiger partial charge in [-0.15, -0.1) is 0 Å². The SMILES string of the molecule is COC(=O)c1ccc(C=N[S@@](=O)C(C)(C)C)cc1C. The highest BCUT2D eigenvalue weighted by Gasteiger charge is 2.18. The fraction of sp³-hybridized carbons (Fsp3) is 0.429. The van der Waals surface area contributed by atoms with E-state index in [-0.39, 0.29) is 10.7 Å². The van der Waals surface area contributed by atoms with Crippen LogP contribution in [-0.4, -0.2) is 28.2 Å². The molecule has 0 aliphatic rings. The third-order valence-corrected chi connectivity index (χ3v) is 3.82. The van der Waals surface area contributed by atoms with Crippen molar-refractivity contribution >= 4 is 23.2 Å². The van der Waals surface area contributed by atoms with E-state index in [2.05, 4.69) is 9.13 Å². The highest BCUT2D eigenvalue weighted by Crippen LogP contribution is 2.14. The fourth-order valence-corrected chi connectivity index (χ4v) is 1.91. The smallest absolute Gasteiger partial charge is 0.338 e. The molecule has 0 aliphatic carbocycles. The summed E-state index contributed by atoms with van der Waals surface area (Å²) in [6.45, 7) is 7.43. The van der Waals surface area contributed by atoms with Crippen molar-refractivity contribution < 1.29 is 13.7 Å². The molecular formula is C14H19NO3S. The van der Waals surface area contributed by atoms with E-state index in [4.69, 9.17) is 0 Å². The van der Waals surface area contributed by atoms with Crippen LogP contribution in [-0.2, 0) is 15.7 Å². The standard InChI is InChI=1S/C14H19NO3S/c1-10-8-11(6-7-12(10)13(16)18-5)9-15-19(17)14(2,3)4/h6-9H,1-5H3/t19-/m0/s1. The summed E-state index contributed by atoms with van der Waals surface area (Å²) in [5.41, 5.74) is 2.14. The van der Waals surface area contributed by atoms with Crippen LogP contribution in [0.15, 0.2) is 22.6 Å². The highest BCUT2D eigenvalue weighted by molar-refractivity contribution is 7.85. The molecule has 0 bridgehead atoms. The molecule has 0 saturated carbocycles. The van der Waals surface area contributed by atoms with E-state index < -0.39 is 11.0 Å². The number of aryl methyl sites for hydroxylation is 1. The van der Waals surface area contributed by atoms with Crippen molar-refractivity contribution in [2.45, 2.75) is 32.4 Å². The van der Waals surface area contributed by atoms with Gasteiger partial charge in [0.25, 0.3) is 0 Å². The van der Waals surface area contributed by atoms with Gasteiger partial charge in [-0.2, -0.15) is 4.40 Å². The Labute approximate surface area is 116 Å². The second-order valence-electron chi connectivity index (χ2n) is 5.16. The summed E-state index contributed by atoms with van der Waals surface area (Å²) in [5.74, 6) is -0.362. The topological polar surface area (TPSA) is 55.7 Å². The Morgan fingerprint density at radius 3 is 2.47 bits per heavy atom. The van der Waals surface area contributed by atoms with Crippen LogP contribution in [0.4, 0.5) is 0 Å². The maximum atomic E-state index is 11.8. The largest absolute Gasteiger partial charge is 0.465 e. The monoisotopic (exact) mass is 281 g/mol. The lowest BCUT2D eigenvalue weighted by atomic mass is 10.1. The molecule has 0 fully saturated rings. The van der Waals surface area contributed by atoms with E-state index >= 15 is 0 Å². The lowest BCUT2D eigenvalue weighted by molar-refractivity contribution is 0.0600. The van der Waals surface area contributed by atoms with Gasteiger partial charge in [-0.05, 0) is 51.0 Å². The minimum Gasteiger partial charge on any atom is -0.465 e. The zero-order valence-corrected chi connectivity index (χ0v) is 12.7. The molecule has 0 aliphatic heterocycles. The quantitative estimate of drug-likeness (QED) is 0.632. The van der Waals surface area contributed by atoms with Gasteiger partial charge in [0.1, 0.15) is 11.0 Å². The number of rotatable bonds is 3. The average molecular weight is 281 g/mol. The minimum atomic E-state index is -1.28. The summed E-state index contributed by atoms with van der Waals surface area (Å²) in [6.07, 6.45) is 1.56. The van der Waals surface area contributed by atoms with Crippen molar-refractivity contribution in [2.24, 2.45) is 4.40 Å². The summed E-state index contributed by atoms with van der Waals surface area (Å²) < 4.78 is 20.1. The summed E-state index contributed by atoms with van der Waals surface area (Å²) >= 11 is 0. The number of carbonyl (C=O) groups is 1. The molecule has 1 aromatic rings. The van der Waals surface area contributed by atoms with Crippen LogP contribution < -0.4 is 0 Å². The lowest BCUT2D eigenvalue weighted by Crippen LogP contribution is -2.19. The fourth-order valence-electron chi connectivity index (χ4n) is 1.37. The van der Waals surface area contributed by atoms with Gasteiger partial charge >= 0.3 is 5.97 Å². The zero-order chi connectivity index (χ0) is 14.6. The second-order valence-corrected chi connectivity index (χ2v) is 7.10. The van der Waals surface area contributed by atoms with Gasteiger partial charge in [0.2, 0.25) is 0 Å². The number of ether oxygens (including phenoxy) is 1. The molecule has 0 saturated heterocycles. The Morgan fingerprint density at radius 1 is 1.37 bits per heavy atom. The molecule has 19 heavy (non-hydrogen) atoms. The number of methoxy groups -OCH3 is 1. The molecule has 1 aromatic carbocycles. The number of nitrogens with zero attached hydrogens (tertiary/aromatic N) is 1. The van der Waals surface area contributed by atoms with Gasteiger partial charge in [-0.3, -0.25) is 0 Å². The number of carbonyl (C=O) groups excluding carboxylic acids is 1. The van der Waals surface area contributed by atoms with Crippen LogP contribution in [0.1, 0.15) is 42.3 Å². The molecule has 0 aromatic heterocycles. The molecule has 0 heterocycles. The van der Waals surface area contributed by atoms with E-state index in [0.29, 0.717) is 5.56 Å². The minimum absolute atomic E-state index is 0.362. The van der Waals surface area contributed by atoms with Crippen molar-refractivity contribution in [1.82, 2.24) is 0 Å². The van der Waals surface area contributed by atoms with Gasteiger partial charge in [-0.25, -0.2) is 9.00 Å². The number of hydrogen-bond acceptors (Lipinski definition) is 3. The maximum Gasteiger partial charge on any atom is 0.338 e. The summed E-state index contributed by atoms with van der Waals surface area (Å²) in [5, 5.41) is 0. The molecule has 0 amide bonds. The Hall–Kier alpha value is -1.49. The van der Waals surface area contributed by atoms with Crippen molar-refractivity contribution in [3.05, 3.63) is 34.9 Å². The summed E-state index contributed by atoms with van der Waals surface area (Å²) in [7, 11) is 0.0685. The van der Waals surface area contributed by atoms with E-state index in [0.717, 1.165) is 11.1 Å². The predicted molar refractivity (Wildman–Crippen MR) is 78.0 cm³/mol. The number of hydrogen-bond donors (Lipinski definition) is 0. The van der Waals surface area contributed by atoms with Crippen molar-refractivity contribution in [1.29, 1.82) is 0 Å². The Bertz CT molecular complexity index is 530. The van der Waals surface area contributed by atoms with E-state index in [9.17, 15) is 9.00 Å². The molecule has 0 radical (unpaired) electrons. The van der Waals surface area contributed by atoms with Crippen LogP contribution in [0, 0.1) is 6.92 Å². The normalized spacial score (nSPS) is 13.5. The first kappa shape index (κ1) is 15.6. The van der Waals surface area contributed by atoms with Crippen molar-refractivity contribution in [3.8, 4) is 0 Å². The van der Waals surface area contributed by atoms with Gasteiger partial charge in [0.05, 0.1) is 17.4 Å². The molecule has 0 unspecified atom stereocenters. The maximum absolute atomic E-state index is 11.8. The average Bonchev–Trinajstić information content (AvgIpc) is 2.34.